The van der Waals surface area contributed by atoms with E-state index in [1.54, 1.807) is 30.3 Å². The lowest BCUT2D eigenvalue weighted by atomic mass is 9.94. The number of carboxylic acid groups (broad SMARTS) is 1. The second kappa shape index (κ2) is 9.07. The second-order valence-electron chi connectivity index (χ2n) is 6.00. The van der Waals surface area contributed by atoms with Crippen molar-refractivity contribution in [1.29, 1.82) is 0 Å². The number of amides is 1. The molecular weight excluding hydrogens is 363 g/mol. The largest absolute Gasteiger partial charge is 0.481 e. The maximum atomic E-state index is 13.9. The molecule has 144 valence electrons. The molecule has 0 aliphatic heterocycles. The van der Waals surface area contributed by atoms with E-state index < -0.39 is 41.5 Å². The van der Waals surface area contributed by atoms with Crippen molar-refractivity contribution in [2.45, 2.75) is 26.0 Å². The summed E-state index contributed by atoms with van der Waals surface area (Å²) in [4.78, 5) is 23.3. The van der Waals surface area contributed by atoms with Gasteiger partial charge in [0.25, 0.3) is 0 Å². The highest BCUT2D eigenvalue weighted by Gasteiger charge is 2.27. The zero-order chi connectivity index (χ0) is 20.0. The molecule has 0 heterocycles. The summed E-state index contributed by atoms with van der Waals surface area (Å²) in [5.41, 5.74) is 0.470. The summed E-state index contributed by atoms with van der Waals surface area (Å²) in [5, 5.41) is 11.6. The van der Waals surface area contributed by atoms with Crippen LogP contribution in [0.4, 0.5) is 18.0 Å². The standard InChI is InChI=1S/C19H18F3NO4/c1-11(18(24)25)17(8-13-7-15(21)16(22)9-14(13)20)23-19(26)27-10-12-5-3-2-4-6-12/h2-7,9,11,17H,8,10H2,1H3,(H,23,26)(H,24,25)/t11-,17?/m1/s1. The third-order valence-corrected chi connectivity index (χ3v) is 4.04. The molecule has 2 aromatic carbocycles. The van der Waals surface area contributed by atoms with Crippen LogP contribution in [0.25, 0.3) is 0 Å². The molecule has 0 bridgehead atoms. The zero-order valence-corrected chi connectivity index (χ0v) is 14.4. The van der Waals surface area contributed by atoms with Crippen molar-refractivity contribution in [1.82, 2.24) is 5.32 Å². The summed E-state index contributed by atoms with van der Waals surface area (Å²) in [5.74, 6) is -6.02. The van der Waals surface area contributed by atoms with Gasteiger partial charge in [-0.1, -0.05) is 30.3 Å². The molecule has 0 saturated carbocycles. The van der Waals surface area contributed by atoms with Crippen molar-refractivity contribution in [3.05, 3.63) is 71.0 Å². The molecule has 27 heavy (non-hydrogen) atoms. The number of hydrogen-bond donors (Lipinski definition) is 2. The predicted octanol–water partition coefficient (Wildman–Crippen LogP) is 3.66. The van der Waals surface area contributed by atoms with Crippen LogP contribution in [0, 0.1) is 23.4 Å². The Morgan fingerprint density at radius 1 is 1.07 bits per heavy atom. The van der Waals surface area contributed by atoms with Crippen molar-refractivity contribution in [3.63, 3.8) is 0 Å². The molecular formula is C19H18F3NO4. The molecule has 0 spiro atoms. The fourth-order valence-corrected chi connectivity index (χ4v) is 2.40. The molecule has 0 aliphatic carbocycles. The first-order chi connectivity index (χ1) is 12.8. The number of alkyl carbamates (subject to hydrolysis) is 1. The third kappa shape index (κ3) is 5.73. The lowest BCUT2D eigenvalue weighted by molar-refractivity contribution is -0.142. The highest BCUT2D eigenvalue weighted by atomic mass is 19.2. The van der Waals surface area contributed by atoms with E-state index in [4.69, 9.17) is 4.74 Å². The summed E-state index contributed by atoms with van der Waals surface area (Å²) in [6.45, 7) is 1.27. The van der Waals surface area contributed by atoms with Crippen LogP contribution in [0.1, 0.15) is 18.1 Å². The highest BCUT2D eigenvalue weighted by molar-refractivity contribution is 5.73. The van der Waals surface area contributed by atoms with E-state index in [1.807, 2.05) is 0 Å². The average Bonchev–Trinajstić information content (AvgIpc) is 2.64. The minimum absolute atomic E-state index is 0.0413. The van der Waals surface area contributed by atoms with Crippen molar-refractivity contribution in [2.75, 3.05) is 0 Å². The monoisotopic (exact) mass is 381 g/mol. The molecule has 5 nitrogen and oxygen atoms in total. The normalized spacial score (nSPS) is 12.9. The molecule has 0 saturated heterocycles. The lowest BCUT2D eigenvalue weighted by Gasteiger charge is -2.22. The van der Waals surface area contributed by atoms with Gasteiger partial charge in [0.15, 0.2) is 11.6 Å². The number of benzene rings is 2. The average molecular weight is 381 g/mol. The number of halogens is 3. The van der Waals surface area contributed by atoms with E-state index in [1.165, 1.54) is 6.92 Å². The topological polar surface area (TPSA) is 75.6 Å². The summed E-state index contributed by atoms with van der Waals surface area (Å²) in [6.07, 6.45) is -1.25. The summed E-state index contributed by atoms with van der Waals surface area (Å²) >= 11 is 0. The molecule has 1 amide bonds. The van der Waals surface area contributed by atoms with Crippen molar-refractivity contribution in [3.8, 4) is 0 Å². The number of carbonyl (C=O) groups excluding carboxylic acids is 1. The van der Waals surface area contributed by atoms with Gasteiger partial charge in [-0.25, -0.2) is 18.0 Å². The van der Waals surface area contributed by atoms with E-state index in [0.29, 0.717) is 12.1 Å². The minimum atomic E-state index is -1.35. The summed E-state index contributed by atoms with van der Waals surface area (Å²) < 4.78 is 45.3. The molecule has 2 N–H and O–H groups in total. The zero-order valence-electron chi connectivity index (χ0n) is 14.4. The second-order valence-corrected chi connectivity index (χ2v) is 6.00. The Bertz CT molecular complexity index is 814. The molecule has 8 heteroatoms. The van der Waals surface area contributed by atoms with Crippen LogP contribution in [-0.4, -0.2) is 23.2 Å². The van der Waals surface area contributed by atoms with Gasteiger partial charge in [0.1, 0.15) is 12.4 Å². The van der Waals surface area contributed by atoms with Crippen LogP contribution in [0.3, 0.4) is 0 Å². The Morgan fingerprint density at radius 2 is 1.70 bits per heavy atom. The fraction of sp³-hybridized carbons (Fsp3) is 0.263. The maximum absolute atomic E-state index is 13.9. The first-order valence-electron chi connectivity index (χ1n) is 8.11. The van der Waals surface area contributed by atoms with E-state index in [2.05, 4.69) is 5.32 Å². The molecule has 0 fully saturated rings. The van der Waals surface area contributed by atoms with Gasteiger partial charge in [-0.05, 0) is 30.5 Å². The lowest BCUT2D eigenvalue weighted by Crippen LogP contribution is -2.44. The van der Waals surface area contributed by atoms with Crippen LogP contribution in [-0.2, 0) is 22.6 Å². The summed E-state index contributed by atoms with van der Waals surface area (Å²) in [7, 11) is 0. The van der Waals surface area contributed by atoms with Crippen LogP contribution in [0.15, 0.2) is 42.5 Å². The van der Waals surface area contributed by atoms with Crippen molar-refractivity contribution < 1.29 is 32.6 Å². The van der Waals surface area contributed by atoms with Crippen molar-refractivity contribution >= 4 is 12.1 Å². The first kappa shape index (κ1) is 20.3. The number of nitrogens with one attached hydrogen (secondary N) is 1. The van der Waals surface area contributed by atoms with Gasteiger partial charge in [0.2, 0.25) is 0 Å². The van der Waals surface area contributed by atoms with Crippen LogP contribution < -0.4 is 5.32 Å². The van der Waals surface area contributed by atoms with E-state index in [9.17, 15) is 27.9 Å². The van der Waals surface area contributed by atoms with Crippen LogP contribution in [0.2, 0.25) is 0 Å². The Morgan fingerprint density at radius 3 is 2.33 bits per heavy atom. The van der Waals surface area contributed by atoms with E-state index in [0.717, 1.165) is 5.56 Å². The molecule has 2 rings (SSSR count). The maximum Gasteiger partial charge on any atom is 0.407 e. The van der Waals surface area contributed by atoms with Crippen LogP contribution in [0.5, 0.6) is 0 Å². The van der Waals surface area contributed by atoms with Crippen molar-refractivity contribution in [2.24, 2.45) is 5.92 Å². The van der Waals surface area contributed by atoms with Gasteiger partial charge < -0.3 is 15.2 Å². The fourth-order valence-electron chi connectivity index (χ4n) is 2.40. The Hall–Kier alpha value is -3.03. The molecule has 2 atom stereocenters. The number of rotatable bonds is 7. The molecule has 0 aliphatic rings. The van der Waals surface area contributed by atoms with Crippen LogP contribution >= 0.6 is 0 Å². The van der Waals surface area contributed by atoms with E-state index in [-0.39, 0.29) is 18.6 Å². The van der Waals surface area contributed by atoms with Gasteiger partial charge in [-0.15, -0.1) is 0 Å². The van der Waals surface area contributed by atoms with Gasteiger partial charge in [-0.2, -0.15) is 0 Å². The number of carboxylic acids is 1. The number of aliphatic carboxylic acids is 1. The number of carbonyl (C=O) groups is 2. The SMILES string of the molecule is C[C@@H](C(=O)O)C(Cc1cc(F)c(F)cc1F)NC(=O)OCc1ccccc1. The smallest absolute Gasteiger partial charge is 0.407 e. The molecule has 1 unspecified atom stereocenters. The summed E-state index contributed by atoms with van der Waals surface area (Å²) in [6, 6.07) is 8.72. The Balaban J connectivity index is 2.09. The number of hydrogen-bond acceptors (Lipinski definition) is 3. The molecule has 2 aromatic rings. The molecule has 0 aromatic heterocycles. The quantitative estimate of drug-likeness (QED) is 0.718. The van der Waals surface area contributed by atoms with E-state index >= 15 is 0 Å². The minimum Gasteiger partial charge on any atom is -0.481 e. The van der Waals surface area contributed by atoms with Gasteiger partial charge in [0.05, 0.1) is 5.92 Å². The first-order valence-corrected chi connectivity index (χ1v) is 8.11. The number of ether oxygens (including phenoxy) is 1. The predicted molar refractivity (Wildman–Crippen MR) is 90.4 cm³/mol. The Kier molecular flexibility index (Phi) is 6.81. The van der Waals surface area contributed by atoms with Gasteiger partial charge >= 0.3 is 12.1 Å². The van der Waals surface area contributed by atoms with Gasteiger partial charge in [0, 0.05) is 12.1 Å². The molecule has 0 radical (unpaired) electrons. The third-order valence-electron chi connectivity index (χ3n) is 4.04. The Labute approximate surface area is 153 Å². The van der Waals surface area contributed by atoms with Gasteiger partial charge in [-0.3, -0.25) is 4.79 Å². The highest BCUT2D eigenvalue weighted by Crippen LogP contribution is 2.18.